The van der Waals surface area contributed by atoms with Crippen LogP contribution in [0.2, 0.25) is 5.02 Å². The number of benzene rings is 1. The number of nitrogens with zero attached hydrogens (tertiary/aromatic N) is 3. The summed E-state index contributed by atoms with van der Waals surface area (Å²) in [6.07, 6.45) is 0. The van der Waals surface area contributed by atoms with Crippen LogP contribution in [0.1, 0.15) is 26.5 Å². The summed E-state index contributed by atoms with van der Waals surface area (Å²) < 4.78 is 2.62. The summed E-state index contributed by atoms with van der Waals surface area (Å²) in [6.45, 7) is 6.18. The number of hydrogen-bond donors (Lipinski definition) is 1. The van der Waals surface area contributed by atoms with Crippen LogP contribution in [0.5, 0.6) is 0 Å². The van der Waals surface area contributed by atoms with E-state index >= 15 is 0 Å². The summed E-state index contributed by atoms with van der Waals surface area (Å²) in [5, 5.41) is 8.63. The van der Waals surface area contributed by atoms with Crippen molar-refractivity contribution in [1.82, 2.24) is 15.0 Å². The van der Waals surface area contributed by atoms with Crippen molar-refractivity contribution in [2.45, 2.75) is 26.2 Å². The lowest BCUT2D eigenvalue weighted by molar-refractivity contribution is 0.544. The third-order valence-electron chi connectivity index (χ3n) is 2.54. The Bertz CT molecular complexity index is 586. The van der Waals surface area contributed by atoms with Crippen molar-refractivity contribution in [3.8, 4) is 5.69 Å². The van der Waals surface area contributed by atoms with Gasteiger partial charge in [-0.05, 0) is 18.2 Å². The smallest absolute Gasteiger partial charge is 0.170 e. The summed E-state index contributed by atoms with van der Waals surface area (Å²) in [4.78, 5) is 0. The maximum atomic E-state index is 6.24. The first kappa shape index (κ1) is 13.4. The van der Waals surface area contributed by atoms with Gasteiger partial charge >= 0.3 is 0 Å². The Hall–Kier alpha value is -1.07. The van der Waals surface area contributed by atoms with E-state index in [4.69, 9.17) is 17.3 Å². The lowest BCUT2D eigenvalue weighted by atomic mass is 9.91. The van der Waals surface area contributed by atoms with Crippen molar-refractivity contribution >= 4 is 33.3 Å². The molecule has 0 spiro atoms. The summed E-state index contributed by atoms with van der Waals surface area (Å²) >= 11 is 9.61. The molecule has 1 aromatic heterocycles. The van der Waals surface area contributed by atoms with Crippen LogP contribution >= 0.6 is 27.5 Å². The van der Waals surface area contributed by atoms with Gasteiger partial charge in [-0.2, -0.15) is 0 Å². The summed E-state index contributed by atoms with van der Waals surface area (Å²) in [6, 6.07) is 5.61. The molecule has 4 nitrogen and oxygen atoms in total. The van der Waals surface area contributed by atoms with Crippen molar-refractivity contribution in [3.05, 3.63) is 33.4 Å². The Balaban J connectivity index is 2.65. The molecule has 2 N–H and O–H groups in total. The summed E-state index contributed by atoms with van der Waals surface area (Å²) in [7, 11) is 0. The fraction of sp³-hybridized carbons (Fsp3) is 0.333. The lowest BCUT2D eigenvalue weighted by Crippen LogP contribution is -2.19. The molecule has 2 rings (SSSR count). The highest BCUT2D eigenvalue weighted by atomic mass is 79.9. The van der Waals surface area contributed by atoms with E-state index < -0.39 is 0 Å². The second-order valence-electron chi connectivity index (χ2n) is 5.08. The van der Waals surface area contributed by atoms with Crippen LogP contribution in [0.3, 0.4) is 0 Å². The topological polar surface area (TPSA) is 56.7 Å². The minimum atomic E-state index is -0.163. The Kier molecular flexibility index (Phi) is 3.38. The van der Waals surface area contributed by atoms with E-state index in [1.165, 1.54) is 0 Å². The molecule has 6 heteroatoms. The van der Waals surface area contributed by atoms with Crippen molar-refractivity contribution in [1.29, 1.82) is 0 Å². The van der Waals surface area contributed by atoms with E-state index in [1.807, 2.05) is 18.2 Å². The fourth-order valence-corrected chi connectivity index (χ4v) is 2.57. The van der Waals surface area contributed by atoms with E-state index in [9.17, 15) is 0 Å². The van der Waals surface area contributed by atoms with E-state index in [0.29, 0.717) is 10.8 Å². The van der Waals surface area contributed by atoms with Gasteiger partial charge in [0, 0.05) is 9.89 Å². The molecule has 1 heterocycles. The molecule has 0 atom stereocenters. The first-order chi connectivity index (χ1) is 8.30. The van der Waals surface area contributed by atoms with E-state index in [2.05, 4.69) is 47.0 Å². The van der Waals surface area contributed by atoms with Gasteiger partial charge < -0.3 is 5.73 Å². The van der Waals surface area contributed by atoms with Gasteiger partial charge in [0.1, 0.15) is 0 Å². The van der Waals surface area contributed by atoms with Crippen LogP contribution in [0, 0.1) is 0 Å². The molecule has 2 aromatic rings. The number of rotatable bonds is 1. The van der Waals surface area contributed by atoms with Gasteiger partial charge in [0.25, 0.3) is 0 Å². The Morgan fingerprint density at radius 3 is 2.56 bits per heavy atom. The minimum absolute atomic E-state index is 0.163. The first-order valence-corrected chi connectivity index (χ1v) is 6.65. The molecule has 0 aliphatic carbocycles. The summed E-state index contributed by atoms with van der Waals surface area (Å²) in [5.74, 6) is 0.432. The van der Waals surface area contributed by atoms with Crippen LogP contribution in [-0.4, -0.2) is 15.0 Å². The van der Waals surface area contributed by atoms with Crippen molar-refractivity contribution < 1.29 is 0 Å². The highest BCUT2D eigenvalue weighted by Gasteiger charge is 2.25. The van der Waals surface area contributed by atoms with Crippen molar-refractivity contribution in [2.24, 2.45) is 0 Å². The number of hydrogen-bond acceptors (Lipinski definition) is 3. The van der Waals surface area contributed by atoms with Crippen LogP contribution in [0.25, 0.3) is 5.69 Å². The lowest BCUT2D eigenvalue weighted by Gasteiger charge is -2.20. The van der Waals surface area contributed by atoms with Crippen LogP contribution < -0.4 is 5.73 Å². The molecule has 0 amide bonds. The SMILES string of the molecule is CC(C)(C)c1c(N)nnn1-c1ccc(Br)cc1Cl. The maximum Gasteiger partial charge on any atom is 0.170 e. The molecule has 0 radical (unpaired) electrons. The van der Waals surface area contributed by atoms with Gasteiger partial charge in [-0.25, -0.2) is 4.68 Å². The molecule has 1 aromatic carbocycles. The number of nitrogens with two attached hydrogens (primary N) is 1. The number of anilines is 1. The predicted octanol–water partition coefficient (Wildman–Crippen LogP) is 3.56. The highest BCUT2D eigenvalue weighted by Crippen LogP contribution is 2.31. The zero-order valence-electron chi connectivity index (χ0n) is 10.4. The Labute approximate surface area is 119 Å². The van der Waals surface area contributed by atoms with Gasteiger partial charge in [-0.3, -0.25) is 0 Å². The molecule has 96 valence electrons. The third kappa shape index (κ3) is 2.37. The number of halogens is 2. The number of aromatic nitrogens is 3. The van der Waals surface area contributed by atoms with Gasteiger partial charge in [-0.15, -0.1) is 5.10 Å². The Morgan fingerprint density at radius 2 is 2.00 bits per heavy atom. The fourth-order valence-electron chi connectivity index (χ4n) is 1.82. The largest absolute Gasteiger partial charge is 0.381 e. The first-order valence-electron chi connectivity index (χ1n) is 5.48. The van der Waals surface area contributed by atoms with Gasteiger partial charge in [0.05, 0.1) is 16.4 Å². The zero-order chi connectivity index (χ0) is 13.5. The molecular formula is C12H14BrClN4. The molecule has 0 fully saturated rings. The molecule has 0 saturated heterocycles. The predicted molar refractivity (Wildman–Crippen MR) is 77.2 cm³/mol. The third-order valence-corrected chi connectivity index (χ3v) is 3.34. The van der Waals surface area contributed by atoms with E-state index in [-0.39, 0.29) is 5.41 Å². The normalized spacial score (nSPS) is 11.8. The molecule has 0 saturated carbocycles. The molecular weight excluding hydrogens is 316 g/mol. The molecule has 0 bridgehead atoms. The van der Waals surface area contributed by atoms with Crippen LogP contribution in [0.4, 0.5) is 5.82 Å². The second-order valence-corrected chi connectivity index (χ2v) is 6.40. The van der Waals surface area contributed by atoms with Crippen LogP contribution in [0.15, 0.2) is 22.7 Å². The quantitative estimate of drug-likeness (QED) is 0.870. The van der Waals surface area contributed by atoms with Crippen molar-refractivity contribution in [3.63, 3.8) is 0 Å². The van der Waals surface area contributed by atoms with E-state index in [1.54, 1.807) is 4.68 Å². The zero-order valence-corrected chi connectivity index (χ0v) is 12.7. The summed E-state index contributed by atoms with van der Waals surface area (Å²) in [5.41, 5.74) is 7.36. The van der Waals surface area contributed by atoms with Crippen LogP contribution in [-0.2, 0) is 5.41 Å². The standard InChI is InChI=1S/C12H14BrClN4/c1-12(2,3)10-11(15)16-17-18(10)9-5-4-7(13)6-8(9)14/h4-6H,15H2,1-3H3. The molecule has 0 aliphatic rings. The van der Waals surface area contributed by atoms with E-state index in [0.717, 1.165) is 15.9 Å². The average Bonchev–Trinajstić information content (AvgIpc) is 2.59. The van der Waals surface area contributed by atoms with Crippen molar-refractivity contribution in [2.75, 3.05) is 5.73 Å². The number of nitrogen functional groups attached to an aromatic ring is 1. The average molecular weight is 330 g/mol. The highest BCUT2D eigenvalue weighted by molar-refractivity contribution is 9.10. The molecule has 18 heavy (non-hydrogen) atoms. The van der Waals surface area contributed by atoms with Gasteiger partial charge in [0.15, 0.2) is 5.82 Å². The monoisotopic (exact) mass is 328 g/mol. The minimum Gasteiger partial charge on any atom is -0.381 e. The van der Waals surface area contributed by atoms with Gasteiger partial charge in [-0.1, -0.05) is 53.5 Å². The molecule has 0 unspecified atom stereocenters. The Morgan fingerprint density at radius 1 is 1.33 bits per heavy atom. The second kappa shape index (κ2) is 4.55. The maximum absolute atomic E-state index is 6.24. The molecule has 0 aliphatic heterocycles. The van der Waals surface area contributed by atoms with Gasteiger partial charge in [0.2, 0.25) is 0 Å².